The van der Waals surface area contributed by atoms with Gasteiger partial charge >= 0.3 is 0 Å². The highest BCUT2D eigenvalue weighted by Gasteiger charge is 2.29. The third-order valence-corrected chi connectivity index (χ3v) is 4.73. The van der Waals surface area contributed by atoms with E-state index in [0.717, 1.165) is 6.54 Å². The molecule has 1 aromatic carbocycles. The number of nitrogens with zero attached hydrogens (tertiary/aromatic N) is 1. The van der Waals surface area contributed by atoms with Crippen LogP contribution in [0.5, 0.6) is 0 Å². The minimum absolute atomic E-state index is 0.509. The van der Waals surface area contributed by atoms with E-state index in [1.165, 1.54) is 36.1 Å². The number of benzene rings is 1. The number of piperazine rings is 1. The van der Waals surface area contributed by atoms with Gasteiger partial charge in [-0.25, -0.2) is 0 Å². The first kappa shape index (κ1) is 15.5. The van der Waals surface area contributed by atoms with Crippen LogP contribution in [0.2, 0.25) is 0 Å². The maximum Gasteiger partial charge on any atom is 0.0324 e. The average molecular weight is 274 g/mol. The van der Waals surface area contributed by atoms with E-state index in [0.29, 0.717) is 18.1 Å². The molecule has 0 spiro atoms. The van der Waals surface area contributed by atoms with Crippen molar-refractivity contribution in [3.8, 4) is 0 Å². The van der Waals surface area contributed by atoms with Crippen LogP contribution in [0.1, 0.15) is 56.3 Å². The Morgan fingerprint density at radius 2 is 1.80 bits per heavy atom. The van der Waals surface area contributed by atoms with Crippen LogP contribution in [0.3, 0.4) is 0 Å². The van der Waals surface area contributed by atoms with Gasteiger partial charge in [0.2, 0.25) is 0 Å². The van der Waals surface area contributed by atoms with E-state index in [4.69, 9.17) is 0 Å². The highest BCUT2D eigenvalue weighted by molar-refractivity contribution is 5.30. The van der Waals surface area contributed by atoms with Crippen LogP contribution >= 0.6 is 0 Å². The molecule has 0 saturated carbocycles. The molecule has 0 bridgehead atoms. The predicted molar refractivity (Wildman–Crippen MR) is 87.2 cm³/mol. The van der Waals surface area contributed by atoms with Crippen molar-refractivity contribution in [1.82, 2.24) is 10.2 Å². The molecule has 0 amide bonds. The molecule has 0 radical (unpaired) electrons. The quantitative estimate of drug-likeness (QED) is 0.897. The zero-order chi connectivity index (χ0) is 14.7. The van der Waals surface area contributed by atoms with Crippen LogP contribution in [0, 0.1) is 13.8 Å². The molecule has 1 aromatic rings. The fourth-order valence-electron chi connectivity index (χ4n) is 3.46. The molecule has 1 saturated heterocycles. The summed E-state index contributed by atoms with van der Waals surface area (Å²) in [7, 11) is 0. The normalized spacial score (nSPS) is 25.6. The van der Waals surface area contributed by atoms with Crippen LogP contribution in [-0.4, -0.2) is 30.1 Å². The molecule has 0 aliphatic carbocycles. The molecular formula is C18H30N2. The van der Waals surface area contributed by atoms with E-state index in [-0.39, 0.29) is 0 Å². The zero-order valence-corrected chi connectivity index (χ0v) is 13.7. The lowest BCUT2D eigenvalue weighted by Crippen LogP contribution is -2.56. The van der Waals surface area contributed by atoms with E-state index in [1.54, 1.807) is 0 Å². The molecule has 1 heterocycles. The van der Waals surface area contributed by atoms with Gasteiger partial charge in [0.25, 0.3) is 0 Å². The summed E-state index contributed by atoms with van der Waals surface area (Å²) < 4.78 is 0. The number of hydrogen-bond donors (Lipinski definition) is 1. The van der Waals surface area contributed by atoms with Gasteiger partial charge < -0.3 is 5.32 Å². The Labute approximate surface area is 124 Å². The van der Waals surface area contributed by atoms with Gasteiger partial charge in [-0.2, -0.15) is 0 Å². The van der Waals surface area contributed by atoms with Crippen molar-refractivity contribution < 1.29 is 0 Å². The van der Waals surface area contributed by atoms with Crippen LogP contribution in [0.25, 0.3) is 0 Å². The minimum atomic E-state index is 0.509. The molecule has 1 aliphatic rings. The van der Waals surface area contributed by atoms with Crippen molar-refractivity contribution in [1.29, 1.82) is 0 Å². The van der Waals surface area contributed by atoms with Gasteiger partial charge in [0.15, 0.2) is 0 Å². The highest BCUT2D eigenvalue weighted by atomic mass is 15.2. The van der Waals surface area contributed by atoms with Crippen molar-refractivity contribution in [3.05, 3.63) is 34.9 Å². The molecule has 1 fully saturated rings. The van der Waals surface area contributed by atoms with Crippen LogP contribution < -0.4 is 5.32 Å². The van der Waals surface area contributed by atoms with Gasteiger partial charge in [-0.05, 0) is 39.2 Å². The van der Waals surface area contributed by atoms with E-state index in [1.807, 2.05) is 0 Å². The summed E-state index contributed by atoms with van der Waals surface area (Å²) in [5, 5.41) is 3.69. The third-order valence-electron chi connectivity index (χ3n) is 4.73. The van der Waals surface area contributed by atoms with Crippen molar-refractivity contribution in [3.63, 3.8) is 0 Å². The second-order valence-electron chi connectivity index (χ2n) is 6.37. The van der Waals surface area contributed by atoms with Crippen molar-refractivity contribution >= 4 is 0 Å². The summed E-state index contributed by atoms with van der Waals surface area (Å²) in [6.07, 6.45) is 2.44. The molecule has 2 rings (SSSR count). The highest BCUT2D eigenvalue weighted by Crippen LogP contribution is 2.27. The Balaban J connectivity index is 2.21. The Morgan fingerprint density at radius 3 is 2.35 bits per heavy atom. The standard InChI is InChI=1S/C18H30N2/c1-6-17-12-20(18(7-2)11-19-17)15(5)16-9-13(3)8-14(4)10-16/h8-10,15,17-19H,6-7,11-12H2,1-5H3. The lowest BCUT2D eigenvalue weighted by Gasteiger charge is -2.43. The molecule has 3 unspecified atom stereocenters. The molecule has 112 valence electrons. The fraction of sp³-hybridized carbons (Fsp3) is 0.667. The largest absolute Gasteiger partial charge is 0.311 e. The minimum Gasteiger partial charge on any atom is -0.311 e. The number of nitrogens with one attached hydrogen (secondary N) is 1. The summed E-state index contributed by atoms with van der Waals surface area (Å²) in [6.45, 7) is 13.7. The Kier molecular flexibility index (Phi) is 5.22. The van der Waals surface area contributed by atoms with E-state index < -0.39 is 0 Å². The second-order valence-corrected chi connectivity index (χ2v) is 6.37. The summed E-state index contributed by atoms with van der Waals surface area (Å²) in [5.74, 6) is 0. The van der Waals surface area contributed by atoms with Crippen molar-refractivity contribution in [2.24, 2.45) is 0 Å². The molecule has 1 aliphatic heterocycles. The van der Waals surface area contributed by atoms with E-state index in [2.05, 4.69) is 63.0 Å². The molecule has 0 aromatic heterocycles. The molecule has 1 N–H and O–H groups in total. The molecular weight excluding hydrogens is 244 g/mol. The summed E-state index contributed by atoms with van der Waals surface area (Å²) in [4.78, 5) is 2.71. The number of hydrogen-bond acceptors (Lipinski definition) is 2. The van der Waals surface area contributed by atoms with E-state index >= 15 is 0 Å². The SMILES string of the molecule is CCC1CN(C(C)c2cc(C)cc(C)c2)C(CC)CN1. The topological polar surface area (TPSA) is 15.3 Å². The van der Waals surface area contributed by atoms with Gasteiger partial charge in [-0.1, -0.05) is 43.2 Å². The first-order valence-electron chi connectivity index (χ1n) is 8.12. The van der Waals surface area contributed by atoms with Crippen molar-refractivity contribution in [2.75, 3.05) is 13.1 Å². The molecule has 20 heavy (non-hydrogen) atoms. The zero-order valence-electron chi connectivity index (χ0n) is 13.7. The van der Waals surface area contributed by atoms with Crippen molar-refractivity contribution in [2.45, 2.75) is 65.6 Å². The predicted octanol–water partition coefficient (Wildman–Crippen LogP) is 3.83. The Bertz CT molecular complexity index is 421. The second kappa shape index (κ2) is 6.73. The lowest BCUT2D eigenvalue weighted by molar-refractivity contribution is 0.0850. The van der Waals surface area contributed by atoms with Crippen LogP contribution in [-0.2, 0) is 0 Å². The van der Waals surface area contributed by atoms with Crippen LogP contribution in [0.4, 0.5) is 0 Å². The summed E-state index contributed by atoms with van der Waals surface area (Å²) >= 11 is 0. The average Bonchev–Trinajstić information content (AvgIpc) is 2.44. The molecule has 2 heteroatoms. The van der Waals surface area contributed by atoms with Gasteiger partial charge in [0.05, 0.1) is 0 Å². The smallest absolute Gasteiger partial charge is 0.0324 e. The van der Waals surface area contributed by atoms with E-state index in [9.17, 15) is 0 Å². The lowest BCUT2D eigenvalue weighted by atomic mass is 9.96. The Morgan fingerprint density at radius 1 is 1.15 bits per heavy atom. The summed E-state index contributed by atoms with van der Waals surface area (Å²) in [6, 6.07) is 8.79. The maximum atomic E-state index is 3.69. The maximum absolute atomic E-state index is 3.69. The number of aryl methyl sites for hydroxylation is 2. The first-order valence-corrected chi connectivity index (χ1v) is 8.12. The van der Waals surface area contributed by atoms with Gasteiger partial charge in [0, 0.05) is 31.2 Å². The summed E-state index contributed by atoms with van der Waals surface area (Å²) in [5.41, 5.74) is 4.22. The van der Waals surface area contributed by atoms with Crippen LogP contribution in [0.15, 0.2) is 18.2 Å². The fourth-order valence-corrected chi connectivity index (χ4v) is 3.46. The first-order chi connectivity index (χ1) is 9.55. The third kappa shape index (κ3) is 3.42. The molecule has 2 nitrogen and oxygen atoms in total. The monoisotopic (exact) mass is 274 g/mol. The number of rotatable bonds is 4. The van der Waals surface area contributed by atoms with Gasteiger partial charge in [-0.15, -0.1) is 0 Å². The Hall–Kier alpha value is -0.860. The van der Waals surface area contributed by atoms with Gasteiger partial charge in [-0.3, -0.25) is 4.90 Å². The molecule has 3 atom stereocenters. The van der Waals surface area contributed by atoms with Gasteiger partial charge in [0.1, 0.15) is 0 Å².